The number of phenolic OH excluding ortho intramolecular Hbond substituents is 1. The van der Waals surface area contributed by atoms with Gasteiger partial charge in [-0.2, -0.15) is 0 Å². The Balaban J connectivity index is 1.38. The fourth-order valence-electron chi connectivity index (χ4n) is 3.99. The predicted molar refractivity (Wildman–Crippen MR) is 111 cm³/mol. The Kier molecular flexibility index (Phi) is 5.89. The molecule has 4 rings (SSSR count). The van der Waals surface area contributed by atoms with E-state index < -0.39 is 0 Å². The standard InChI is InChI=1S/C23H26N4O2/c28-21-6-3-18(4-7-21)5-8-22(29)26-14-1-2-20(17-26)23-25-13-15-27(23)16-19-9-11-24-12-10-19/h3-4,6-7,9-13,15,20,28H,1-2,5,8,14,16-17H2/t20-/m0/s1. The van der Waals surface area contributed by atoms with Gasteiger partial charge in [-0.05, 0) is 54.7 Å². The second-order valence-corrected chi connectivity index (χ2v) is 7.61. The van der Waals surface area contributed by atoms with E-state index in [0.29, 0.717) is 12.8 Å². The lowest BCUT2D eigenvalue weighted by Crippen LogP contribution is -2.39. The molecule has 0 unspecified atom stereocenters. The number of hydrogen-bond donors (Lipinski definition) is 1. The van der Waals surface area contributed by atoms with Crippen LogP contribution in [-0.4, -0.2) is 43.5 Å². The first-order chi connectivity index (χ1) is 14.2. The minimum Gasteiger partial charge on any atom is -0.508 e. The second-order valence-electron chi connectivity index (χ2n) is 7.61. The van der Waals surface area contributed by atoms with Crippen LogP contribution >= 0.6 is 0 Å². The fraction of sp³-hybridized carbons (Fsp3) is 0.348. The maximum Gasteiger partial charge on any atom is 0.222 e. The summed E-state index contributed by atoms with van der Waals surface area (Å²) >= 11 is 0. The molecule has 6 nitrogen and oxygen atoms in total. The summed E-state index contributed by atoms with van der Waals surface area (Å²) in [6.07, 6.45) is 10.7. The van der Waals surface area contributed by atoms with Gasteiger partial charge in [0.25, 0.3) is 0 Å². The molecule has 0 bridgehead atoms. The van der Waals surface area contributed by atoms with Gasteiger partial charge in [-0.1, -0.05) is 12.1 Å². The first-order valence-electron chi connectivity index (χ1n) is 10.1. The number of nitrogens with zero attached hydrogens (tertiary/aromatic N) is 4. The summed E-state index contributed by atoms with van der Waals surface area (Å²) < 4.78 is 2.18. The summed E-state index contributed by atoms with van der Waals surface area (Å²) in [5.41, 5.74) is 2.26. The van der Waals surface area contributed by atoms with Crippen LogP contribution in [0, 0.1) is 0 Å². The van der Waals surface area contributed by atoms with Crippen molar-refractivity contribution in [2.45, 2.75) is 38.1 Å². The third-order valence-corrected chi connectivity index (χ3v) is 5.55. The van der Waals surface area contributed by atoms with E-state index in [1.807, 2.05) is 41.6 Å². The number of rotatable bonds is 6. The van der Waals surface area contributed by atoms with Crippen LogP contribution < -0.4 is 0 Å². The van der Waals surface area contributed by atoms with Gasteiger partial charge in [0.15, 0.2) is 0 Å². The highest BCUT2D eigenvalue weighted by Crippen LogP contribution is 2.27. The number of aromatic hydroxyl groups is 1. The largest absolute Gasteiger partial charge is 0.508 e. The zero-order chi connectivity index (χ0) is 20.1. The van der Waals surface area contributed by atoms with Gasteiger partial charge in [0.2, 0.25) is 5.91 Å². The Morgan fingerprint density at radius 1 is 1.07 bits per heavy atom. The van der Waals surface area contributed by atoms with Gasteiger partial charge in [0.1, 0.15) is 11.6 Å². The van der Waals surface area contributed by atoms with Crippen molar-refractivity contribution in [1.82, 2.24) is 19.4 Å². The number of carbonyl (C=O) groups excluding carboxylic acids is 1. The number of imidazole rings is 1. The van der Waals surface area contributed by atoms with Crippen molar-refractivity contribution < 1.29 is 9.90 Å². The Morgan fingerprint density at radius 2 is 1.86 bits per heavy atom. The average molecular weight is 390 g/mol. The lowest BCUT2D eigenvalue weighted by atomic mass is 9.96. The Labute approximate surface area is 170 Å². The van der Waals surface area contributed by atoms with Gasteiger partial charge in [-0.15, -0.1) is 0 Å². The van der Waals surface area contributed by atoms with E-state index in [4.69, 9.17) is 0 Å². The molecule has 0 saturated carbocycles. The van der Waals surface area contributed by atoms with E-state index in [1.165, 1.54) is 5.56 Å². The van der Waals surface area contributed by atoms with Gasteiger partial charge >= 0.3 is 0 Å². The number of pyridine rings is 1. The van der Waals surface area contributed by atoms with E-state index in [2.05, 4.69) is 14.5 Å². The molecule has 1 amide bonds. The average Bonchev–Trinajstić information content (AvgIpc) is 3.22. The Morgan fingerprint density at radius 3 is 2.66 bits per heavy atom. The van der Waals surface area contributed by atoms with Crippen LogP contribution in [0.3, 0.4) is 0 Å². The van der Waals surface area contributed by atoms with Gasteiger partial charge in [0.05, 0.1) is 0 Å². The van der Waals surface area contributed by atoms with Crippen molar-refractivity contribution in [3.63, 3.8) is 0 Å². The molecule has 1 N–H and O–H groups in total. The lowest BCUT2D eigenvalue weighted by molar-refractivity contribution is -0.132. The van der Waals surface area contributed by atoms with Gasteiger partial charge in [-0.3, -0.25) is 9.78 Å². The highest BCUT2D eigenvalue weighted by Gasteiger charge is 2.27. The highest BCUT2D eigenvalue weighted by molar-refractivity contribution is 5.76. The number of benzene rings is 1. The number of phenols is 1. The molecule has 1 aliphatic rings. The normalized spacial score (nSPS) is 16.7. The van der Waals surface area contributed by atoms with Crippen molar-refractivity contribution in [3.8, 4) is 5.75 Å². The smallest absolute Gasteiger partial charge is 0.222 e. The Bertz CT molecular complexity index is 937. The molecule has 29 heavy (non-hydrogen) atoms. The van der Waals surface area contributed by atoms with Gasteiger partial charge < -0.3 is 14.6 Å². The molecule has 3 heterocycles. The molecule has 1 atom stereocenters. The second kappa shape index (κ2) is 8.90. The molecule has 3 aromatic rings. The van der Waals surface area contributed by atoms with E-state index in [9.17, 15) is 9.90 Å². The summed E-state index contributed by atoms with van der Waals surface area (Å²) in [6.45, 7) is 2.31. The summed E-state index contributed by atoms with van der Waals surface area (Å²) in [5, 5.41) is 9.39. The molecule has 0 spiro atoms. The fourth-order valence-corrected chi connectivity index (χ4v) is 3.99. The molecule has 1 saturated heterocycles. The van der Waals surface area contributed by atoms with E-state index >= 15 is 0 Å². The van der Waals surface area contributed by atoms with Crippen molar-refractivity contribution >= 4 is 5.91 Å². The van der Waals surface area contributed by atoms with Crippen LogP contribution in [0.4, 0.5) is 0 Å². The first-order valence-corrected chi connectivity index (χ1v) is 10.1. The summed E-state index contributed by atoms with van der Waals surface area (Å²) in [5.74, 6) is 1.76. The first kappa shape index (κ1) is 19.2. The number of aromatic nitrogens is 3. The summed E-state index contributed by atoms with van der Waals surface area (Å²) in [7, 11) is 0. The minimum atomic E-state index is 0.190. The van der Waals surface area contributed by atoms with Crippen LogP contribution in [0.1, 0.15) is 42.1 Å². The van der Waals surface area contributed by atoms with Crippen LogP contribution in [0.5, 0.6) is 5.75 Å². The maximum absolute atomic E-state index is 12.8. The molecule has 150 valence electrons. The SMILES string of the molecule is O=C(CCc1ccc(O)cc1)N1CCC[C@H](c2nccn2Cc2ccncc2)C1. The zero-order valence-corrected chi connectivity index (χ0v) is 16.4. The maximum atomic E-state index is 12.8. The molecular formula is C23H26N4O2. The number of carbonyl (C=O) groups is 1. The Hall–Kier alpha value is -3.15. The quantitative estimate of drug-likeness (QED) is 0.700. The van der Waals surface area contributed by atoms with Crippen LogP contribution in [-0.2, 0) is 17.8 Å². The van der Waals surface area contributed by atoms with Crippen LogP contribution in [0.15, 0.2) is 61.2 Å². The number of piperidine rings is 1. The number of hydrogen-bond acceptors (Lipinski definition) is 4. The third-order valence-electron chi connectivity index (χ3n) is 5.55. The monoisotopic (exact) mass is 390 g/mol. The van der Waals surface area contributed by atoms with E-state index in [0.717, 1.165) is 43.9 Å². The molecule has 1 fully saturated rings. The number of aryl methyl sites for hydroxylation is 1. The summed E-state index contributed by atoms with van der Waals surface area (Å²) in [4.78, 5) is 23.5. The highest BCUT2D eigenvalue weighted by atomic mass is 16.3. The van der Waals surface area contributed by atoms with Gasteiger partial charge in [-0.25, -0.2) is 4.98 Å². The van der Waals surface area contributed by atoms with Crippen molar-refractivity contribution in [1.29, 1.82) is 0 Å². The van der Waals surface area contributed by atoms with Gasteiger partial charge in [0, 0.05) is 56.8 Å². The molecule has 1 aromatic carbocycles. The molecule has 1 aliphatic heterocycles. The third kappa shape index (κ3) is 4.83. The van der Waals surface area contributed by atoms with Crippen molar-refractivity contribution in [3.05, 3.63) is 78.1 Å². The lowest BCUT2D eigenvalue weighted by Gasteiger charge is -2.33. The topological polar surface area (TPSA) is 71.2 Å². The molecule has 0 radical (unpaired) electrons. The van der Waals surface area contributed by atoms with E-state index in [1.54, 1.807) is 24.5 Å². The minimum absolute atomic E-state index is 0.190. The van der Waals surface area contributed by atoms with Crippen molar-refractivity contribution in [2.24, 2.45) is 0 Å². The van der Waals surface area contributed by atoms with E-state index in [-0.39, 0.29) is 17.6 Å². The predicted octanol–water partition coefficient (Wildman–Crippen LogP) is 3.37. The molecule has 2 aromatic heterocycles. The van der Waals surface area contributed by atoms with Crippen molar-refractivity contribution in [2.75, 3.05) is 13.1 Å². The molecular weight excluding hydrogens is 364 g/mol. The van der Waals surface area contributed by atoms with Crippen LogP contribution in [0.2, 0.25) is 0 Å². The number of amides is 1. The van der Waals surface area contributed by atoms with Crippen LogP contribution in [0.25, 0.3) is 0 Å². The molecule has 6 heteroatoms. The summed E-state index contributed by atoms with van der Waals surface area (Å²) in [6, 6.07) is 11.1. The molecule has 0 aliphatic carbocycles. The zero-order valence-electron chi connectivity index (χ0n) is 16.4. The number of likely N-dealkylation sites (tertiary alicyclic amines) is 1.